The van der Waals surface area contributed by atoms with Gasteiger partial charge in [0.25, 0.3) is 10.0 Å². The van der Waals surface area contributed by atoms with Gasteiger partial charge in [0.15, 0.2) is 0 Å². The molecule has 3 rings (SSSR count). The van der Waals surface area contributed by atoms with Crippen LogP contribution in [0.4, 0.5) is 18.9 Å². The number of anilines is 1. The van der Waals surface area contributed by atoms with Gasteiger partial charge in [0, 0.05) is 0 Å². The van der Waals surface area contributed by atoms with Gasteiger partial charge < -0.3 is 10.1 Å². The number of halogens is 4. The molecule has 0 saturated carbocycles. The summed E-state index contributed by atoms with van der Waals surface area (Å²) in [6.45, 7) is 3.25. The molecule has 0 aliphatic rings. The fraction of sp³-hybridized carbons (Fsp3) is 0.240. The fourth-order valence-corrected chi connectivity index (χ4v) is 5.14. The van der Waals surface area contributed by atoms with E-state index in [-0.39, 0.29) is 9.92 Å². The van der Waals surface area contributed by atoms with E-state index in [1.165, 1.54) is 24.3 Å². The molecular formula is C25H24ClF3N2O4S. The number of carbonyl (C=O) groups excluding carboxylic acids is 1. The first-order valence-corrected chi connectivity index (χ1v) is 12.7. The Morgan fingerprint density at radius 3 is 2.28 bits per heavy atom. The number of ether oxygens (including phenoxy) is 1. The number of hydrogen-bond acceptors (Lipinski definition) is 4. The van der Waals surface area contributed by atoms with Crippen LogP contribution in [-0.2, 0) is 21.0 Å². The summed E-state index contributed by atoms with van der Waals surface area (Å²) in [4.78, 5) is 12.7. The van der Waals surface area contributed by atoms with Gasteiger partial charge in [-0.05, 0) is 61.9 Å². The van der Waals surface area contributed by atoms with Crippen molar-refractivity contribution >= 4 is 33.2 Å². The van der Waals surface area contributed by atoms with E-state index in [0.29, 0.717) is 22.7 Å². The third kappa shape index (κ3) is 6.50. The van der Waals surface area contributed by atoms with E-state index in [0.717, 1.165) is 17.7 Å². The Bertz CT molecular complexity index is 1300. The Balaban J connectivity index is 1.94. The Morgan fingerprint density at radius 1 is 1.06 bits per heavy atom. The number of nitrogens with one attached hydrogen (secondary N) is 1. The minimum absolute atomic E-state index is 0.203. The summed E-state index contributed by atoms with van der Waals surface area (Å²) >= 11 is 6.14. The quantitative estimate of drug-likeness (QED) is 0.370. The molecule has 0 fully saturated rings. The summed E-state index contributed by atoms with van der Waals surface area (Å²) in [7, 11) is -4.44. The van der Waals surface area contributed by atoms with E-state index < -0.39 is 45.9 Å². The van der Waals surface area contributed by atoms with Gasteiger partial charge in [-0.15, -0.1) is 0 Å². The van der Waals surface area contributed by atoms with Crippen LogP contribution in [0.5, 0.6) is 5.75 Å². The first kappa shape index (κ1) is 27.3. The molecular weight excluding hydrogens is 517 g/mol. The van der Waals surface area contributed by atoms with Crippen molar-refractivity contribution in [2.75, 3.05) is 17.5 Å². The fourth-order valence-electron chi connectivity index (χ4n) is 3.42. The van der Waals surface area contributed by atoms with Gasteiger partial charge in [-0.2, -0.15) is 13.2 Å². The Labute approximate surface area is 212 Å². The first-order valence-electron chi connectivity index (χ1n) is 10.9. The molecule has 0 aromatic heterocycles. The summed E-state index contributed by atoms with van der Waals surface area (Å²) in [6, 6.07) is 15.8. The molecule has 36 heavy (non-hydrogen) atoms. The van der Waals surface area contributed by atoms with Crippen molar-refractivity contribution < 1.29 is 31.1 Å². The number of carbonyl (C=O) groups is 1. The predicted molar refractivity (Wildman–Crippen MR) is 132 cm³/mol. The maximum atomic E-state index is 13.4. The summed E-state index contributed by atoms with van der Waals surface area (Å²) in [5.41, 5.74) is -0.834. The zero-order valence-electron chi connectivity index (χ0n) is 19.4. The molecule has 1 atom stereocenters. The summed E-state index contributed by atoms with van der Waals surface area (Å²) in [5.74, 6) is -0.0801. The zero-order valence-corrected chi connectivity index (χ0v) is 21.0. The van der Waals surface area contributed by atoms with Crippen molar-refractivity contribution in [2.24, 2.45) is 0 Å². The van der Waals surface area contributed by atoms with Crippen LogP contribution in [0.25, 0.3) is 0 Å². The van der Waals surface area contributed by atoms with Gasteiger partial charge in [0.05, 0.1) is 33.8 Å². The number of hydrogen-bond donors (Lipinski definition) is 1. The van der Waals surface area contributed by atoms with Crippen LogP contribution in [0.15, 0.2) is 77.7 Å². The molecule has 1 amide bonds. The topological polar surface area (TPSA) is 75.7 Å². The molecule has 0 saturated heterocycles. The second-order valence-electron chi connectivity index (χ2n) is 7.78. The van der Waals surface area contributed by atoms with Crippen LogP contribution in [0.2, 0.25) is 5.02 Å². The molecule has 0 bridgehead atoms. The van der Waals surface area contributed by atoms with Gasteiger partial charge in [-0.25, -0.2) is 8.42 Å². The lowest BCUT2D eigenvalue weighted by molar-refractivity contribution is -0.137. The third-order valence-corrected chi connectivity index (χ3v) is 7.32. The second-order valence-corrected chi connectivity index (χ2v) is 10.0. The average Bonchev–Trinajstić information content (AvgIpc) is 2.83. The van der Waals surface area contributed by atoms with E-state index in [9.17, 15) is 26.4 Å². The van der Waals surface area contributed by atoms with Gasteiger partial charge in [-0.3, -0.25) is 9.10 Å². The number of alkyl halides is 3. The SMILES string of the molecule is CCOc1ccc([C@H](C)NC(=O)CN(c2cc(C(F)(F)F)ccc2Cl)S(=O)(=O)c2ccccc2)cc1. The molecule has 0 spiro atoms. The molecule has 3 aromatic carbocycles. The van der Waals surface area contributed by atoms with Crippen molar-refractivity contribution in [1.82, 2.24) is 5.32 Å². The molecule has 192 valence electrons. The second kappa shape index (κ2) is 11.2. The largest absolute Gasteiger partial charge is 0.494 e. The highest BCUT2D eigenvalue weighted by molar-refractivity contribution is 7.92. The predicted octanol–water partition coefficient (Wildman–Crippen LogP) is 5.83. The Hall–Kier alpha value is -3.24. The Kier molecular flexibility index (Phi) is 8.52. The minimum Gasteiger partial charge on any atom is -0.494 e. The lowest BCUT2D eigenvalue weighted by atomic mass is 10.1. The van der Waals surface area contributed by atoms with Crippen molar-refractivity contribution in [3.8, 4) is 5.75 Å². The molecule has 1 N–H and O–H groups in total. The normalized spacial score (nSPS) is 12.6. The number of sulfonamides is 1. The van der Waals surface area contributed by atoms with Gasteiger partial charge >= 0.3 is 6.18 Å². The lowest BCUT2D eigenvalue weighted by Gasteiger charge is -2.26. The van der Waals surface area contributed by atoms with Crippen LogP contribution in [0.3, 0.4) is 0 Å². The lowest BCUT2D eigenvalue weighted by Crippen LogP contribution is -2.41. The van der Waals surface area contributed by atoms with Crippen LogP contribution in [0.1, 0.15) is 31.0 Å². The highest BCUT2D eigenvalue weighted by Gasteiger charge is 2.34. The molecule has 3 aromatic rings. The molecule has 11 heteroatoms. The summed E-state index contributed by atoms with van der Waals surface area (Å²) < 4.78 is 73.0. The highest BCUT2D eigenvalue weighted by Crippen LogP contribution is 2.37. The number of rotatable bonds is 9. The maximum Gasteiger partial charge on any atom is 0.416 e. The monoisotopic (exact) mass is 540 g/mol. The highest BCUT2D eigenvalue weighted by atomic mass is 35.5. The van der Waals surface area contributed by atoms with E-state index in [2.05, 4.69) is 5.32 Å². The minimum atomic E-state index is -4.74. The van der Waals surface area contributed by atoms with Crippen molar-refractivity contribution in [3.63, 3.8) is 0 Å². The van der Waals surface area contributed by atoms with Gasteiger partial charge in [-0.1, -0.05) is 41.9 Å². The average molecular weight is 541 g/mol. The molecule has 0 unspecified atom stereocenters. The third-order valence-electron chi connectivity index (χ3n) is 5.23. The Morgan fingerprint density at radius 2 is 1.69 bits per heavy atom. The van der Waals surface area contributed by atoms with Gasteiger partial charge in [0.2, 0.25) is 5.91 Å². The summed E-state index contributed by atoms with van der Waals surface area (Å²) in [5, 5.41) is 2.43. The van der Waals surface area contributed by atoms with Gasteiger partial charge in [0.1, 0.15) is 12.3 Å². The molecule has 0 aliphatic carbocycles. The van der Waals surface area contributed by atoms with Crippen LogP contribution >= 0.6 is 11.6 Å². The smallest absolute Gasteiger partial charge is 0.416 e. The number of benzene rings is 3. The van der Waals surface area contributed by atoms with E-state index >= 15 is 0 Å². The molecule has 6 nitrogen and oxygen atoms in total. The van der Waals surface area contributed by atoms with Crippen LogP contribution < -0.4 is 14.4 Å². The van der Waals surface area contributed by atoms with Crippen molar-refractivity contribution in [2.45, 2.75) is 31.0 Å². The molecule has 0 heterocycles. The first-order chi connectivity index (χ1) is 16.9. The zero-order chi connectivity index (χ0) is 26.5. The van der Waals surface area contributed by atoms with E-state index in [1.807, 2.05) is 6.92 Å². The van der Waals surface area contributed by atoms with E-state index in [4.69, 9.17) is 16.3 Å². The molecule has 0 aliphatic heterocycles. The molecule has 0 radical (unpaired) electrons. The standard InChI is InChI=1S/C25H24ClF3N2O4S/c1-3-35-20-12-9-18(10-13-20)17(2)30-24(32)16-31(36(33,34)21-7-5-4-6-8-21)23-15-19(25(27,28)29)11-14-22(23)26/h4-15,17H,3,16H2,1-2H3,(H,30,32)/t17-/m0/s1. The van der Waals surface area contributed by atoms with Crippen molar-refractivity contribution in [1.29, 1.82) is 0 Å². The van der Waals surface area contributed by atoms with E-state index in [1.54, 1.807) is 37.3 Å². The number of amides is 1. The van der Waals surface area contributed by atoms with Crippen molar-refractivity contribution in [3.05, 3.63) is 88.9 Å². The summed E-state index contributed by atoms with van der Waals surface area (Å²) in [6.07, 6.45) is -4.74. The van der Waals surface area contributed by atoms with Crippen LogP contribution in [0, 0.1) is 0 Å². The van der Waals surface area contributed by atoms with Crippen LogP contribution in [-0.4, -0.2) is 27.5 Å². The maximum absolute atomic E-state index is 13.4. The number of nitrogens with zero attached hydrogens (tertiary/aromatic N) is 1.